The number of sulfonamides is 1. The highest BCUT2D eigenvalue weighted by atomic mass is 32.2. The molecule has 2 aromatic carbocycles. The number of hydrogen-bond acceptors (Lipinski definition) is 4. The van der Waals surface area contributed by atoms with Gasteiger partial charge in [-0.15, -0.1) is 0 Å². The molecule has 0 unspecified atom stereocenters. The van der Waals surface area contributed by atoms with Gasteiger partial charge in [0, 0.05) is 30.5 Å². The van der Waals surface area contributed by atoms with Crippen molar-refractivity contribution in [1.82, 2.24) is 13.7 Å². The minimum absolute atomic E-state index is 0.209. The van der Waals surface area contributed by atoms with Gasteiger partial charge in [-0.3, -0.25) is 4.79 Å². The van der Waals surface area contributed by atoms with E-state index < -0.39 is 10.0 Å². The fourth-order valence-electron chi connectivity index (χ4n) is 4.33. The number of aromatic nitrogens is 2. The summed E-state index contributed by atoms with van der Waals surface area (Å²) in [6.45, 7) is 1.41. The third-order valence-corrected chi connectivity index (χ3v) is 8.09. The number of para-hydroxylation sites is 1. The highest BCUT2D eigenvalue weighted by molar-refractivity contribution is 7.89. The maximum atomic E-state index is 13.6. The van der Waals surface area contributed by atoms with Gasteiger partial charge in [-0.25, -0.2) is 13.4 Å². The first-order valence-electron chi connectivity index (χ1n) is 11.4. The van der Waals surface area contributed by atoms with E-state index in [9.17, 15) is 13.2 Å². The normalized spacial score (nSPS) is 14.8. The number of amides is 1. The molecule has 0 N–H and O–H groups in total. The van der Waals surface area contributed by atoms with Crippen molar-refractivity contribution >= 4 is 27.3 Å². The van der Waals surface area contributed by atoms with Crippen LogP contribution >= 0.6 is 0 Å². The molecule has 1 fully saturated rings. The zero-order valence-corrected chi connectivity index (χ0v) is 19.6. The summed E-state index contributed by atoms with van der Waals surface area (Å²) in [6.07, 6.45) is 6.51. The van der Waals surface area contributed by atoms with Crippen LogP contribution in [0.5, 0.6) is 0 Å². The first kappa shape index (κ1) is 22.3. The highest BCUT2D eigenvalue weighted by Crippen LogP contribution is 2.24. The quantitative estimate of drug-likeness (QED) is 0.416. The van der Waals surface area contributed by atoms with Crippen LogP contribution in [0.3, 0.4) is 0 Å². The fourth-order valence-corrected chi connectivity index (χ4v) is 5.85. The number of piperidine rings is 1. The second-order valence-corrected chi connectivity index (χ2v) is 10.3. The lowest BCUT2D eigenvalue weighted by molar-refractivity contribution is 0.0984. The molecule has 0 aliphatic carbocycles. The van der Waals surface area contributed by atoms with Crippen molar-refractivity contribution in [2.24, 2.45) is 0 Å². The maximum absolute atomic E-state index is 13.6. The molecule has 34 heavy (non-hydrogen) atoms. The maximum Gasteiger partial charge on any atom is 0.258 e. The Balaban J connectivity index is 1.44. The topological polar surface area (TPSA) is 75.0 Å². The predicted molar refractivity (Wildman–Crippen MR) is 131 cm³/mol. The number of carbonyl (C=O) groups is 1. The zero-order chi connectivity index (χ0) is 23.5. The number of anilines is 1. The SMILES string of the molecule is O=C(c1ccc(S(=O)(=O)N2CCCCC2)cc1)N(Cc1cnc2ccccn12)c1ccccc1. The first-order chi connectivity index (χ1) is 16.5. The summed E-state index contributed by atoms with van der Waals surface area (Å²) in [7, 11) is -3.55. The summed E-state index contributed by atoms with van der Waals surface area (Å²) >= 11 is 0. The lowest BCUT2D eigenvalue weighted by Crippen LogP contribution is -2.35. The standard InChI is InChI=1S/C26H26N4O3S/c31-26(21-12-14-24(15-13-21)34(32,33)28-16-6-2-7-17-28)30(22-9-3-1-4-10-22)20-23-19-27-25-11-5-8-18-29(23)25/h1,3-5,8-15,18-19H,2,6-7,16-17,20H2. The molecule has 5 rings (SSSR count). The number of rotatable bonds is 6. The number of carbonyl (C=O) groups excluding carboxylic acids is 1. The Morgan fingerprint density at radius 3 is 2.32 bits per heavy atom. The van der Waals surface area contributed by atoms with Gasteiger partial charge >= 0.3 is 0 Å². The van der Waals surface area contributed by atoms with E-state index in [1.54, 1.807) is 23.2 Å². The van der Waals surface area contributed by atoms with Gasteiger partial charge in [0.1, 0.15) is 5.65 Å². The van der Waals surface area contributed by atoms with Crippen LogP contribution < -0.4 is 4.90 Å². The van der Waals surface area contributed by atoms with Crippen LogP contribution in [0, 0.1) is 0 Å². The highest BCUT2D eigenvalue weighted by Gasteiger charge is 2.26. The Labute approximate surface area is 199 Å². The molecule has 4 aromatic rings. The van der Waals surface area contributed by atoms with E-state index in [-0.39, 0.29) is 10.8 Å². The molecular formula is C26H26N4O3S. The van der Waals surface area contributed by atoms with Crippen LogP contribution in [-0.2, 0) is 16.6 Å². The molecule has 0 spiro atoms. The molecule has 0 bridgehead atoms. The average Bonchev–Trinajstić information content (AvgIpc) is 3.31. The fraction of sp³-hybridized carbons (Fsp3) is 0.231. The van der Waals surface area contributed by atoms with Gasteiger partial charge in [0.15, 0.2) is 0 Å². The molecule has 1 aliphatic rings. The monoisotopic (exact) mass is 474 g/mol. The van der Waals surface area contributed by atoms with Gasteiger partial charge in [-0.1, -0.05) is 30.7 Å². The summed E-state index contributed by atoms with van der Waals surface area (Å²) in [4.78, 5) is 19.9. The van der Waals surface area contributed by atoms with E-state index >= 15 is 0 Å². The molecule has 174 valence electrons. The number of pyridine rings is 1. The van der Waals surface area contributed by atoms with Gasteiger partial charge in [0.25, 0.3) is 5.91 Å². The van der Waals surface area contributed by atoms with Crippen molar-refractivity contribution in [2.75, 3.05) is 18.0 Å². The van der Waals surface area contributed by atoms with Crippen molar-refractivity contribution in [2.45, 2.75) is 30.7 Å². The van der Waals surface area contributed by atoms with E-state index in [0.29, 0.717) is 25.2 Å². The molecule has 1 saturated heterocycles. The Morgan fingerprint density at radius 2 is 1.59 bits per heavy atom. The predicted octanol–water partition coefficient (Wildman–Crippen LogP) is 4.36. The molecule has 8 heteroatoms. The van der Waals surface area contributed by atoms with Crippen LogP contribution in [-0.4, -0.2) is 41.1 Å². The second kappa shape index (κ2) is 9.40. The summed E-state index contributed by atoms with van der Waals surface area (Å²) in [5.41, 5.74) is 2.86. The molecule has 1 aliphatic heterocycles. The Bertz CT molecular complexity index is 1390. The van der Waals surface area contributed by atoms with Crippen molar-refractivity contribution in [3.8, 4) is 0 Å². The number of hydrogen-bond donors (Lipinski definition) is 0. The number of fused-ring (bicyclic) bond motifs is 1. The molecule has 0 atom stereocenters. The van der Waals surface area contributed by atoms with Crippen LogP contribution in [0.4, 0.5) is 5.69 Å². The van der Waals surface area contributed by atoms with Crippen LogP contribution in [0.25, 0.3) is 5.65 Å². The van der Waals surface area contributed by atoms with Gasteiger partial charge in [0.2, 0.25) is 10.0 Å². The van der Waals surface area contributed by atoms with Crippen LogP contribution in [0.2, 0.25) is 0 Å². The van der Waals surface area contributed by atoms with E-state index in [1.807, 2.05) is 59.1 Å². The molecule has 7 nitrogen and oxygen atoms in total. The summed E-state index contributed by atoms with van der Waals surface area (Å²) in [5, 5.41) is 0. The zero-order valence-electron chi connectivity index (χ0n) is 18.7. The molecule has 0 radical (unpaired) electrons. The van der Waals surface area contributed by atoms with Crippen LogP contribution in [0.15, 0.2) is 90.1 Å². The Kier molecular flexibility index (Phi) is 6.17. The molecule has 2 aromatic heterocycles. The van der Waals surface area contributed by atoms with Gasteiger partial charge in [-0.2, -0.15) is 4.31 Å². The molecule has 1 amide bonds. The molecular weight excluding hydrogens is 448 g/mol. The van der Waals surface area contributed by atoms with E-state index in [0.717, 1.165) is 36.3 Å². The third-order valence-electron chi connectivity index (χ3n) is 6.18. The number of nitrogens with zero attached hydrogens (tertiary/aromatic N) is 4. The number of imidazole rings is 1. The van der Waals surface area contributed by atoms with E-state index in [4.69, 9.17) is 0 Å². The van der Waals surface area contributed by atoms with Gasteiger partial charge < -0.3 is 9.30 Å². The summed E-state index contributed by atoms with van der Waals surface area (Å²) < 4.78 is 29.5. The largest absolute Gasteiger partial charge is 0.302 e. The molecule has 3 heterocycles. The second-order valence-electron chi connectivity index (χ2n) is 8.39. The summed E-state index contributed by atoms with van der Waals surface area (Å²) in [5.74, 6) is -0.209. The number of benzene rings is 2. The van der Waals surface area contributed by atoms with Crippen molar-refractivity contribution in [1.29, 1.82) is 0 Å². The summed E-state index contributed by atoms with van der Waals surface area (Å²) in [6, 6.07) is 21.5. The Morgan fingerprint density at radius 1 is 0.882 bits per heavy atom. The van der Waals surface area contributed by atoms with E-state index in [1.165, 1.54) is 16.4 Å². The average molecular weight is 475 g/mol. The van der Waals surface area contributed by atoms with Gasteiger partial charge in [-0.05, 0) is 61.4 Å². The smallest absolute Gasteiger partial charge is 0.258 e. The Hall–Kier alpha value is -3.49. The lowest BCUT2D eigenvalue weighted by atomic mass is 10.1. The third kappa shape index (κ3) is 4.34. The minimum atomic E-state index is -3.55. The van der Waals surface area contributed by atoms with Crippen LogP contribution in [0.1, 0.15) is 35.3 Å². The van der Waals surface area contributed by atoms with Crippen molar-refractivity contribution < 1.29 is 13.2 Å². The van der Waals surface area contributed by atoms with Crippen molar-refractivity contribution in [3.63, 3.8) is 0 Å². The van der Waals surface area contributed by atoms with Crippen molar-refractivity contribution in [3.05, 3.63) is 96.4 Å². The first-order valence-corrected chi connectivity index (χ1v) is 12.9. The lowest BCUT2D eigenvalue weighted by Gasteiger charge is -2.26. The minimum Gasteiger partial charge on any atom is -0.302 e. The van der Waals surface area contributed by atoms with E-state index in [2.05, 4.69) is 4.98 Å². The van der Waals surface area contributed by atoms with Gasteiger partial charge in [0.05, 0.1) is 23.3 Å². The molecule has 0 saturated carbocycles.